The molecule has 0 fully saturated rings. The van der Waals surface area contributed by atoms with Crippen molar-refractivity contribution in [3.05, 3.63) is 53.3 Å². The fourth-order valence-electron chi connectivity index (χ4n) is 2.13. The van der Waals surface area contributed by atoms with Gasteiger partial charge in [-0.2, -0.15) is 0 Å². The molecule has 6 nitrogen and oxygen atoms in total. The zero-order chi connectivity index (χ0) is 17.5. The van der Waals surface area contributed by atoms with E-state index in [0.717, 1.165) is 5.56 Å². The number of hydrogen-bond donors (Lipinski definition) is 3. The van der Waals surface area contributed by atoms with Gasteiger partial charge in [0.15, 0.2) is 17.5 Å². The van der Waals surface area contributed by atoms with Gasteiger partial charge in [-0.1, -0.05) is 6.07 Å². The van der Waals surface area contributed by atoms with Crippen LogP contribution in [0.1, 0.15) is 11.1 Å². The summed E-state index contributed by atoms with van der Waals surface area (Å²) in [7, 11) is 3.11. The summed E-state index contributed by atoms with van der Waals surface area (Å²) in [5.74, 6) is 0.946. The Morgan fingerprint density at radius 1 is 1.16 bits per heavy atom. The molecule has 0 aromatic heterocycles. The summed E-state index contributed by atoms with van der Waals surface area (Å²) in [6.45, 7) is -0.0951. The number of benzene rings is 2. The van der Waals surface area contributed by atoms with Crippen LogP contribution in [0.3, 0.4) is 0 Å². The van der Waals surface area contributed by atoms with Gasteiger partial charge >= 0.3 is 0 Å². The number of aliphatic imine (C=N–C) groups is 1. The Bertz CT molecular complexity index is 741. The summed E-state index contributed by atoms with van der Waals surface area (Å²) in [6.07, 6.45) is 0. The summed E-state index contributed by atoms with van der Waals surface area (Å²) in [5, 5.41) is 12.0. The monoisotopic (exact) mass is 461 g/mol. The smallest absolute Gasteiger partial charge is 0.193 e. The molecule has 0 radical (unpaired) electrons. The Labute approximate surface area is 162 Å². The van der Waals surface area contributed by atoms with Gasteiger partial charge in [0.1, 0.15) is 5.82 Å². The maximum Gasteiger partial charge on any atom is 0.193 e. The van der Waals surface area contributed by atoms with Crippen molar-refractivity contribution in [3.8, 4) is 11.5 Å². The number of halogens is 2. The lowest BCUT2D eigenvalue weighted by molar-refractivity contribution is 0.275. The van der Waals surface area contributed by atoms with Gasteiger partial charge in [0.25, 0.3) is 0 Å². The van der Waals surface area contributed by atoms with Crippen molar-refractivity contribution >= 4 is 35.6 Å². The number of aliphatic hydroxyl groups is 1. The third kappa shape index (κ3) is 5.75. The van der Waals surface area contributed by atoms with E-state index in [4.69, 9.17) is 20.3 Å². The van der Waals surface area contributed by atoms with Crippen molar-refractivity contribution in [2.45, 2.75) is 13.2 Å². The summed E-state index contributed by atoms with van der Waals surface area (Å²) in [5.41, 5.74) is 7.54. The van der Waals surface area contributed by atoms with Crippen LogP contribution in [0.25, 0.3) is 0 Å². The third-order valence-electron chi connectivity index (χ3n) is 3.37. The Hall–Kier alpha value is -2.07. The minimum atomic E-state index is -0.443. The second-order valence-corrected chi connectivity index (χ2v) is 4.98. The average Bonchev–Trinajstić information content (AvgIpc) is 2.60. The highest BCUT2D eigenvalue weighted by Crippen LogP contribution is 2.29. The number of nitrogens with two attached hydrogens (primary N) is 1. The van der Waals surface area contributed by atoms with Crippen molar-refractivity contribution in [3.63, 3.8) is 0 Å². The molecule has 2 aromatic rings. The molecular weight excluding hydrogens is 440 g/mol. The van der Waals surface area contributed by atoms with Gasteiger partial charge in [0, 0.05) is 17.3 Å². The lowest BCUT2D eigenvalue weighted by Crippen LogP contribution is -2.22. The van der Waals surface area contributed by atoms with E-state index in [9.17, 15) is 4.39 Å². The average molecular weight is 461 g/mol. The van der Waals surface area contributed by atoms with E-state index < -0.39 is 5.82 Å². The molecule has 0 aliphatic heterocycles. The molecule has 4 N–H and O–H groups in total. The van der Waals surface area contributed by atoms with E-state index in [1.165, 1.54) is 6.07 Å². The van der Waals surface area contributed by atoms with Crippen LogP contribution in [0.2, 0.25) is 0 Å². The van der Waals surface area contributed by atoms with Crippen molar-refractivity contribution in [1.82, 2.24) is 0 Å². The molecule has 25 heavy (non-hydrogen) atoms. The van der Waals surface area contributed by atoms with Gasteiger partial charge in [-0.15, -0.1) is 24.0 Å². The first-order chi connectivity index (χ1) is 11.6. The van der Waals surface area contributed by atoms with Crippen LogP contribution in [-0.4, -0.2) is 25.3 Å². The molecule has 0 aliphatic rings. The number of hydrogen-bond acceptors (Lipinski definition) is 4. The van der Waals surface area contributed by atoms with Gasteiger partial charge < -0.3 is 25.6 Å². The predicted octanol–water partition coefficient (Wildman–Crippen LogP) is 2.88. The van der Waals surface area contributed by atoms with Crippen LogP contribution >= 0.6 is 24.0 Å². The number of nitrogens with zero attached hydrogens (tertiary/aromatic N) is 1. The second kappa shape index (κ2) is 10.0. The Balaban J connectivity index is 0.00000312. The molecule has 0 amide bonds. The number of guanidine groups is 1. The molecule has 0 bridgehead atoms. The normalized spacial score (nSPS) is 10.8. The number of nitrogens with one attached hydrogen (secondary N) is 1. The molecule has 8 heteroatoms. The van der Waals surface area contributed by atoms with Crippen LogP contribution in [0.4, 0.5) is 10.1 Å². The number of aliphatic hydroxyl groups excluding tert-OH is 1. The highest BCUT2D eigenvalue weighted by Gasteiger charge is 2.06. The van der Waals surface area contributed by atoms with Crippen LogP contribution in [0.15, 0.2) is 41.4 Å². The number of anilines is 1. The van der Waals surface area contributed by atoms with Crippen LogP contribution in [0.5, 0.6) is 11.5 Å². The molecule has 0 heterocycles. The molecule has 0 spiro atoms. The molecule has 0 unspecified atom stereocenters. The van der Waals surface area contributed by atoms with E-state index in [1.807, 2.05) is 0 Å². The van der Waals surface area contributed by atoms with E-state index >= 15 is 0 Å². The highest BCUT2D eigenvalue weighted by molar-refractivity contribution is 14.0. The lowest BCUT2D eigenvalue weighted by Gasteiger charge is -2.11. The van der Waals surface area contributed by atoms with Gasteiger partial charge in [0.2, 0.25) is 0 Å². The first-order valence-electron chi connectivity index (χ1n) is 7.24. The fourth-order valence-corrected chi connectivity index (χ4v) is 2.13. The molecule has 0 saturated carbocycles. The Kier molecular flexibility index (Phi) is 8.42. The topological polar surface area (TPSA) is 89.1 Å². The first kappa shape index (κ1) is 21.0. The maximum absolute atomic E-state index is 13.3. The quantitative estimate of drug-likeness (QED) is 0.350. The zero-order valence-electron chi connectivity index (χ0n) is 14.0. The zero-order valence-corrected chi connectivity index (χ0v) is 16.3. The van der Waals surface area contributed by atoms with Gasteiger partial charge in [-0.05, 0) is 29.8 Å². The molecule has 0 aliphatic carbocycles. The van der Waals surface area contributed by atoms with Crippen molar-refractivity contribution < 1.29 is 19.0 Å². The molecule has 136 valence electrons. The van der Waals surface area contributed by atoms with Crippen molar-refractivity contribution in [2.75, 3.05) is 19.5 Å². The molecule has 0 atom stereocenters. The van der Waals surface area contributed by atoms with Crippen LogP contribution < -0.4 is 20.5 Å². The second-order valence-electron chi connectivity index (χ2n) is 4.98. The summed E-state index contributed by atoms with van der Waals surface area (Å²) < 4.78 is 23.7. The predicted molar refractivity (Wildman–Crippen MR) is 106 cm³/mol. The van der Waals surface area contributed by atoms with Crippen LogP contribution in [-0.2, 0) is 13.2 Å². The van der Waals surface area contributed by atoms with Gasteiger partial charge in [0.05, 0.1) is 27.4 Å². The van der Waals surface area contributed by atoms with E-state index in [-0.39, 0.29) is 48.7 Å². The third-order valence-corrected chi connectivity index (χ3v) is 3.37. The summed E-state index contributed by atoms with van der Waals surface area (Å²) in [4.78, 5) is 4.20. The van der Waals surface area contributed by atoms with Gasteiger partial charge in [-0.25, -0.2) is 9.38 Å². The number of ether oxygens (including phenoxy) is 2. The Morgan fingerprint density at radius 2 is 1.88 bits per heavy atom. The first-order valence-corrected chi connectivity index (χ1v) is 7.24. The van der Waals surface area contributed by atoms with E-state index in [2.05, 4.69) is 10.3 Å². The molecule has 2 rings (SSSR count). The van der Waals surface area contributed by atoms with E-state index in [0.29, 0.717) is 17.2 Å². The van der Waals surface area contributed by atoms with Gasteiger partial charge in [-0.3, -0.25) is 0 Å². The Morgan fingerprint density at radius 3 is 2.52 bits per heavy atom. The van der Waals surface area contributed by atoms with E-state index in [1.54, 1.807) is 44.6 Å². The summed E-state index contributed by atoms with van der Waals surface area (Å²) >= 11 is 0. The standard InChI is InChI=1S/C17H20FN3O3.HI/c1-23-15-6-4-13(8-16(15)24-2)21-17(19)20-9-11-3-5-14(18)12(7-11)10-22;/h3-8,22H,9-10H2,1-2H3,(H3,19,20,21);1H. The fraction of sp³-hybridized carbons (Fsp3) is 0.235. The number of rotatable bonds is 6. The largest absolute Gasteiger partial charge is 0.493 e. The minimum absolute atomic E-state index is 0. The highest BCUT2D eigenvalue weighted by atomic mass is 127. The van der Waals surface area contributed by atoms with Crippen LogP contribution in [0, 0.1) is 5.82 Å². The SMILES string of the molecule is COc1ccc(NC(N)=NCc2ccc(F)c(CO)c2)cc1OC.I. The lowest BCUT2D eigenvalue weighted by atomic mass is 10.1. The molecule has 0 saturated heterocycles. The minimum Gasteiger partial charge on any atom is -0.493 e. The van der Waals surface area contributed by atoms with Crippen molar-refractivity contribution in [1.29, 1.82) is 0 Å². The molecular formula is C17H21FIN3O3. The maximum atomic E-state index is 13.3. The number of methoxy groups -OCH3 is 2. The molecule has 2 aromatic carbocycles. The summed E-state index contributed by atoms with van der Waals surface area (Å²) in [6, 6.07) is 9.73. The van der Waals surface area contributed by atoms with Crippen molar-refractivity contribution in [2.24, 2.45) is 10.7 Å².